The van der Waals surface area contributed by atoms with Crippen LogP contribution in [0.1, 0.15) is 37.7 Å². The molecule has 0 spiro atoms. The summed E-state index contributed by atoms with van der Waals surface area (Å²) < 4.78 is 46.3. The number of hydrogen-bond donors (Lipinski definition) is 1. The van der Waals surface area contributed by atoms with Gasteiger partial charge in [-0.15, -0.1) is 0 Å². The Labute approximate surface area is 149 Å². The number of rotatable bonds is 3. The topological polar surface area (TPSA) is 62.1 Å². The van der Waals surface area contributed by atoms with Gasteiger partial charge in [-0.2, -0.15) is 23.3 Å². The third-order valence-corrected chi connectivity index (χ3v) is 5.03. The van der Waals surface area contributed by atoms with Crippen LogP contribution in [-0.4, -0.2) is 40.7 Å². The van der Waals surface area contributed by atoms with Crippen LogP contribution in [0.2, 0.25) is 0 Å². The fourth-order valence-corrected chi connectivity index (χ4v) is 3.63. The maximum Gasteiger partial charge on any atom is 0.439 e. The second kappa shape index (κ2) is 6.90. The highest BCUT2D eigenvalue weighted by atomic mass is 19.4. The maximum atomic E-state index is 13.8. The Balaban J connectivity index is 1.88. The van der Waals surface area contributed by atoms with E-state index in [0.29, 0.717) is 30.6 Å². The van der Waals surface area contributed by atoms with Crippen LogP contribution >= 0.6 is 0 Å². The van der Waals surface area contributed by atoms with Crippen molar-refractivity contribution in [2.75, 3.05) is 7.11 Å². The molecule has 1 amide bonds. The van der Waals surface area contributed by atoms with Gasteiger partial charge in [0.15, 0.2) is 0 Å². The summed E-state index contributed by atoms with van der Waals surface area (Å²) >= 11 is 0. The van der Waals surface area contributed by atoms with E-state index >= 15 is 0 Å². The number of aliphatic hydroxyl groups is 1. The summed E-state index contributed by atoms with van der Waals surface area (Å²) in [4.78, 5) is 12.6. The number of fused-ring (bicyclic) bond motifs is 1. The van der Waals surface area contributed by atoms with Gasteiger partial charge in [-0.25, -0.2) is 0 Å². The van der Waals surface area contributed by atoms with Gasteiger partial charge in [-0.1, -0.05) is 25.0 Å². The Morgan fingerprint density at radius 3 is 2.62 bits per heavy atom. The number of methoxy groups -OCH3 is 1. The van der Waals surface area contributed by atoms with Crippen LogP contribution in [0.4, 0.5) is 13.2 Å². The first kappa shape index (κ1) is 18.7. The van der Waals surface area contributed by atoms with Gasteiger partial charge in [-0.3, -0.25) is 4.79 Å². The van der Waals surface area contributed by atoms with Crippen LogP contribution in [0.3, 0.4) is 0 Å². The summed E-state index contributed by atoms with van der Waals surface area (Å²) in [6.45, 7) is 0. The Bertz CT molecular complexity index is 703. The zero-order valence-electron chi connectivity index (χ0n) is 14.4. The second-order valence-corrected chi connectivity index (χ2v) is 6.70. The molecule has 0 bridgehead atoms. The van der Waals surface area contributed by atoms with Crippen LogP contribution in [-0.2, 0) is 11.2 Å². The predicted octanol–water partition coefficient (Wildman–Crippen LogP) is 3.27. The molecule has 2 aliphatic rings. The molecule has 1 aliphatic heterocycles. The SMILES string of the molecule is COc1ccc(CC(=O)N2N=C3CCCCCC3C2(O)C(F)(F)F)cc1. The molecule has 2 unspecified atom stereocenters. The summed E-state index contributed by atoms with van der Waals surface area (Å²) in [6.07, 6.45) is -2.65. The first-order valence-corrected chi connectivity index (χ1v) is 8.60. The van der Waals surface area contributed by atoms with Crippen LogP contribution in [0.5, 0.6) is 5.75 Å². The average molecular weight is 370 g/mol. The van der Waals surface area contributed by atoms with Crippen molar-refractivity contribution in [1.29, 1.82) is 0 Å². The summed E-state index contributed by atoms with van der Waals surface area (Å²) in [7, 11) is 1.49. The largest absolute Gasteiger partial charge is 0.497 e. The highest BCUT2D eigenvalue weighted by Gasteiger charge is 2.68. The van der Waals surface area contributed by atoms with Gasteiger partial charge in [0.2, 0.25) is 5.91 Å². The van der Waals surface area contributed by atoms with E-state index in [1.165, 1.54) is 7.11 Å². The number of benzene rings is 1. The first-order chi connectivity index (χ1) is 12.3. The molecule has 8 heteroatoms. The van der Waals surface area contributed by atoms with Gasteiger partial charge in [0, 0.05) is 5.71 Å². The molecular weight excluding hydrogens is 349 g/mol. The lowest BCUT2D eigenvalue weighted by Gasteiger charge is -2.37. The Kier molecular flexibility index (Phi) is 4.96. The van der Waals surface area contributed by atoms with Crippen molar-refractivity contribution in [3.63, 3.8) is 0 Å². The number of alkyl halides is 3. The molecule has 26 heavy (non-hydrogen) atoms. The molecule has 142 valence electrons. The standard InChI is InChI=1S/C18H21F3N2O3/c1-26-13-9-7-12(8-10-13)11-16(24)23-17(25,18(19,20)21)14-5-3-2-4-6-15(14)22-23/h7-10,14,25H,2-6,11H2,1H3. The van der Waals surface area contributed by atoms with Gasteiger partial charge in [0.25, 0.3) is 5.72 Å². The minimum atomic E-state index is -4.98. The molecular formula is C18H21F3N2O3. The number of halogens is 3. The van der Waals surface area contributed by atoms with E-state index in [1.807, 2.05) is 0 Å². The van der Waals surface area contributed by atoms with E-state index in [-0.39, 0.29) is 23.6 Å². The van der Waals surface area contributed by atoms with Gasteiger partial charge >= 0.3 is 6.18 Å². The minimum Gasteiger partial charge on any atom is -0.497 e. The molecule has 1 heterocycles. The number of carbonyl (C=O) groups is 1. The van der Waals surface area contributed by atoms with Gasteiger partial charge in [-0.05, 0) is 37.0 Å². The highest BCUT2D eigenvalue weighted by molar-refractivity contribution is 5.93. The number of nitrogens with zero attached hydrogens (tertiary/aromatic N) is 2. The van der Waals surface area contributed by atoms with Crippen LogP contribution in [0, 0.1) is 5.92 Å². The lowest BCUT2D eigenvalue weighted by molar-refractivity contribution is -0.316. The van der Waals surface area contributed by atoms with Crippen molar-refractivity contribution in [3.05, 3.63) is 29.8 Å². The molecule has 1 saturated carbocycles. The van der Waals surface area contributed by atoms with Crippen molar-refractivity contribution in [1.82, 2.24) is 5.01 Å². The smallest absolute Gasteiger partial charge is 0.439 e. The fourth-order valence-electron chi connectivity index (χ4n) is 3.63. The minimum absolute atomic E-state index is 0.168. The van der Waals surface area contributed by atoms with Crippen molar-refractivity contribution in [3.8, 4) is 5.75 Å². The second-order valence-electron chi connectivity index (χ2n) is 6.70. The Hall–Kier alpha value is -2.09. The van der Waals surface area contributed by atoms with Gasteiger partial charge in [0.05, 0.1) is 19.4 Å². The maximum absolute atomic E-state index is 13.8. The van der Waals surface area contributed by atoms with Crippen LogP contribution < -0.4 is 4.74 Å². The molecule has 3 rings (SSSR count). The van der Waals surface area contributed by atoms with Crippen molar-refractivity contribution >= 4 is 11.6 Å². The van der Waals surface area contributed by atoms with E-state index in [9.17, 15) is 23.1 Å². The molecule has 0 saturated heterocycles. The van der Waals surface area contributed by atoms with E-state index in [4.69, 9.17) is 4.74 Å². The third kappa shape index (κ3) is 3.18. The normalized spacial score (nSPS) is 26.1. The average Bonchev–Trinajstić information content (AvgIpc) is 2.74. The molecule has 5 nitrogen and oxygen atoms in total. The van der Waals surface area contributed by atoms with E-state index < -0.39 is 23.7 Å². The first-order valence-electron chi connectivity index (χ1n) is 8.60. The predicted molar refractivity (Wildman–Crippen MR) is 88.6 cm³/mol. The summed E-state index contributed by atoms with van der Waals surface area (Å²) in [5.74, 6) is -1.49. The lowest BCUT2D eigenvalue weighted by atomic mass is 9.87. The fraction of sp³-hybridized carbons (Fsp3) is 0.556. The van der Waals surface area contributed by atoms with Crippen LogP contribution in [0.15, 0.2) is 29.4 Å². The monoisotopic (exact) mass is 370 g/mol. The Morgan fingerprint density at radius 2 is 2.00 bits per heavy atom. The summed E-state index contributed by atoms with van der Waals surface area (Å²) in [5, 5.41) is 14.8. The molecule has 1 N–H and O–H groups in total. The molecule has 2 atom stereocenters. The molecule has 0 aromatic heterocycles. The van der Waals surface area contributed by atoms with E-state index in [1.54, 1.807) is 24.3 Å². The lowest BCUT2D eigenvalue weighted by Crippen LogP contribution is -2.61. The third-order valence-electron chi connectivity index (χ3n) is 5.03. The summed E-state index contributed by atoms with van der Waals surface area (Å²) in [5.41, 5.74) is -2.48. The zero-order valence-corrected chi connectivity index (χ0v) is 14.4. The number of carbonyl (C=O) groups excluding carboxylic acids is 1. The Morgan fingerprint density at radius 1 is 1.31 bits per heavy atom. The summed E-state index contributed by atoms with van der Waals surface area (Å²) in [6, 6.07) is 6.45. The zero-order chi connectivity index (χ0) is 18.9. The van der Waals surface area contributed by atoms with Gasteiger partial charge in [0.1, 0.15) is 5.75 Å². The molecule has 1 fully saturated rings. The number of ether oxygens (including phenoxy) is 1. The molecule has 1 aromatic rings. The molecule has 1 aliphatic carbocycles. The highest BCUT2D eigenvalue weighted by Crippen LogP contribution is 2.47. The molecule has 1 aromatic carbocycles. The number of hydrogen-bond acceptors (Lipinski definition) is 4. The van der Waals surface area contributed by atoms with Crippen LogP contribution in [0.25, 0.3) is 0 Å². The van der Waals surface area contributed by atoms with Crippen molar-refractivity contribution in [2.45, 2.75) is 50.4 Å². The van der Waals surface area contributed by atoms with Crippen molar-refractivity contribution < 1.29 is 27.8 Å². The van der Waals surface area contributed by atoms with E-state index in [2.05, 4.69) is 5.10 Å². The quantitative estimate of drug-likeness (QED) is 0.888. The van der Waals surface area contributed by atoms with Crippen molar-refractivity contribution in [2.24, 2.45) is 11.0 Å². The number of amides is 1. The molecule has 0 radical (unpaired) electrons. The van der Waals surface area contributed by atoms with E-state index in [0.717, 1.165) is 6.42 Å². The number of hydrazone groups is 1. The van der Waals surface area contributed by atoms with Gasteiger partial charge < -0.3 is 9.84 Å².